The molecule has 0 saturated carbocycles. The summed E-state index contributed by atoms with van der Waals surface area (Å²) in [7, 11) is -2.54. The number of pyridine rings is 1. The lowest BCUT2D eigenvalue weighted by atomic mass is 10.1. The molecule has 2 amide bonds. The van der Waals surface area contributed by atoms with E-state index in [4.69, 9.17) is 32.7 Å². The van der Waals surface area contributed by atoms with Crippen LogP contribution < -0.4 is 10.1 Å². The number of nitrogens with one attached hydrogen (secondary N) is 1. The van der Waals surface area contributed by atoms with Crippen LogP contribution in [-0.4, -0.2) is 72.9 Å². The van der Waals surface area contributed by atoms with Gasteiger partial charge in [-0.3, -0.25) is 4.79 Å². The lowest BCUT2D eigenvalue weighted by molar-refractivity contribution is -0.124. The van der Waals surface area contributed by atoms with Crippen LogP contribution in [0.25, 0.3) is 10.9 Å². The van der Waals surface area contributed by atoms with Gasteiger partial charge in [0.05, 0.1) is 5.02 Å². The Bertz CT molecular complexity index is 1690. The fraction of sp³-hybridized carbons (Fsp3) is 0.469. The van der Waals surface area contributed by atoms with Gasteiger partial charge in [0.25, 0.3) is 0 Å². The van der Waals surface area contributed by atoms with Crippen molar-refractivity contribution in [3.8, 4) is 5.75 Å². The van der Waals surface area contributed by atoms with Gasteiger partial charge in [0.15, 0.2) is 0 Å². The third kappa shape index (κ3) is 8.19. The number of carbonyl (C=O) groups excluding carboxylic acids is 2. The standard InChI is InChI=1S/C32H40Cl2N4O6S/c1-20-18-21(2)36-29-22(20)10-7-12-26(29)43-19-23-24(33)13-14-27(28(23)34)45(41,42)38-17-8-11-25(38)30(39)35-15-9-16-37(6)31(40)44-32(3,4)5/h7,10,12-14,18,25H,8-9,11,15-17,19H2,1-6H3,(H,35,39). The number of benzene rings is 2. The van der Waals surface area contributed by atoms with E-state index < -0.39 is 33.7 Å². The number of aromatic nitrogens is 1. The van der Waals surface area contributed by atoms with E-state index in [2.05, 4.69) is 10.3 Å². The molecule has 1 unspecified atom stereocenters. The van der Waals surface area contributed by atoms with Crippen LogP contribution in [0.3, 0.4) is 0 Å². The van der Waals surface area contributed by atoms with Crippen molar-refractivity contribution in [3.63, 3.8) is 0 Å². The van der Waals surface area contributed by atoms with Crippen LogP contribution in [0.4, 0.5) is 4.79 Å². The molecule has 1 atom stereocenters. The summed E-state index contributed by atoms with van der Waals surface area (Å²) in [5.74, 6) is 0.118. The van der Waals surface area contributed by atoms with Crippen molar-refractivity contribution in [3.05, 3.63) is 63.3 Å². The van der Waals surface area contributed by atoms with Gasteiger partial charge in [-0.05, 0) is 83.7 Å². The summed E-state index contributed by atoms with van der Waals surface area (Å²) in [6.07, 6.45) is 0.910. The Morgan fingerprint density at radius 2 is 1.89 bits per heavy atom. The molecule has 244 valence electrons. The van der Waals surface area contributed by atoms with E-state index in [1.54, 1.807) is 33.9 Å². The largest absolute Gasteiger partial charge is 0.487 e. The van der Waals surface area contributed by atoms with E-state index in [0.29, 0.717) is 42.6 Å². The van der Waals surface area contributed by atoms with Gasteiger partial charge in [-0.2, -0.15) is 4.31 Å². The second kappa shape index (κ2) is 14.1. The van der Waals surface area contributed by atoms with E-state index >= 15 is 0 Å². The van der Waals surface area contributed by atoms with Crippen molar-refractivity contribution >= 4 is 56.1 Å². The molecule has 0 aliphatic carbocycles. The third-order valence-corrected chi connectivity index (χ3v) is 10.3. The van der Waals surface area contributed by atoms with E-state index in [-0.39, 0.29) is 34.6 Å². The SMILES string of the molecule is Cc1cc(C)c2cccc(OCc3c(Cl)ccc(S(=O)(=O)N4CCCC4C(=O)NCCCN(C)C(=O)OC(C)(C)C)c3Cl)c2n1. The molecular formula is C32H40Cl2N4O6S. The predicted octanol–water partition coefficient (Wildman–Crippen LogP) is 6.26. The Kier molecular flexibility index (Phi) is 10.9. The summed E-state index contributed by atoms with van der Waals surface area (Å²) >= 11 is 13.2. The van der Waals surface area contributed by atoms with Crippen LogP contribution >= 0.6 is 23.2 Å². The number of sulfonamides is 1. The van der Waals surface area contributed by atoms with E-state index in [0.717, 1.165) is 16.6 Å². The van der Waals surface area contributed by atoms with Gasteiger partial charge in [-0.15, -0.1) is 0 Å². The summed E-state index contributed by atoms with van der Waals surface area (Å²) in [4.78, 5) is 31.2. The maximum Gasteiger partial charge on any atom is 0.410 e. The predicted molar refractivity (Wildman–Crippen MR) is 175 cm³/mol. The molecule has 0 radical (unpaired) electrons. The van der Waals surface area contributed by atoms with Crippen molar-refractivity contribution in [1.82, 2.24) is 19.5 Å². The van der Waals surface area contributed by atoms with Crippen LogP contribution in [0.5, 0.6) is 5.75 Å². The fourth-order valence-electron chi connectivity index (χ4n) is 5.22. The highest BCUT2D eigenvalue weighted by Crippen LogP contribution is 2.36. The molecule has 0 spiro atoms. The fourth-order valence-corrected chi connectivity index (χ4v) is 7.74. The van der Waals surface area contributed by atoms with Crippen molar-refractivity contribution in [1.29, 1.82) is 0 Å². The Morgan fingerprint density at radius 1 is 1.16 bits per heavy atom. The Balaban J connectivity index is 1.45. The number of para-hydroxylation sites is 1. The molecule has 0 bridgehead atoms. The van der Waals surface area contributed by atoms with Gasteiger partial charge in [0.2, 0.25) is 15.9 Å². The number of ether oxygens (including phenoxy) is 2. The highest BCUT2D eigenvalue weighted by Gasteiger charge is 2.40. The second-order valence-electron chi connectivity index (χ2n) is 12.2. The monoisotopic (exact) mass is 678 g/mol. The third-order valence-electron chi connectivity index (χ3n) is 7.43. The molecule has 1 aliphatic rings. The van der Waals surface area contributed by atoms with Gasteiger partial charge < -0.3 is 19.7 Å². The summed E-state index contributed by atoms with van der Waals surface area (Å²) < 4.78 is 40.4. The van der Waals surface area contributed by atoms with Gasteiger partial charge in [-0.1, -0.05) is 35.3 Å². The highest BCUT2D eigenvalue weighted by atomic mass is 35.5. The van der Waals surface area contributed by atoms with Crippen molar-refractivity contribution in [2.45, 2.75) is 77.0 Å². The molecule has 1 fully saturated rings. The maximum absolute atomic E-state index is 13.9. The van der Waals surface area contributed by atoms with E-state index in [1.165, 1.54) is 21.3 Å². The lowest BCUT2D eigenvalue weighted by Gasteiger charge is -2.25. The number of aryl methyl sites for hydroxylation is 2. The first-order chi connectivity index (χ1) is 21.1. The normalized spacial score (nSPS) is 15.7. The number of hydrogen-bond acceptors (Lipinski definition) is 7. The minimum atomic E-state index is -4.16. The molecule has 10 nitrogen and oxygen atoms in total. The Hall–Kier alpha value is -3.12. The highest BCUT2D eigenvalue weighted by molar-refractivity contribution is 7.89. The minimum Gasteiger partial charge on any atom is -0.487 e. The molecule has 1 aromatic heterocycles. The summed E-state index contributed by atoms with van der Waals surface area (Å²) in [6, 6.07) is 9.55. The molecule has 13 heteroatoms. The molecule has 1 N–H and O–H groups in total. The zero-order valence-electron chi connectivity index (χ0n) is 26.4. The zero-order valence-corrected chi connectivity index (χ0v) is 28.8. The topological polar surface area (TPSA) is 118 Å². The number of fused-ring (bicyclic) bond motifs is 1. The number of amides is 2. The van der Waals surface area contributed by atoms with Gasteiger partial charge >= 0.3 is 6.09 Å². The van der Waals surface area contributed by atoms with Crippen LogP contribution in [-0.2, 0) is 26.2 Å². The number of nitrogens with zero attached hydrogens (tertiary/aromatic N) is 3. The van der Waals surface area contributed by atoms with Crippen molar-refractivity contribution in [2.75, 3.05) is 26.7 Å². The van der Waals surface area contributed by atoms with Crippen molar-refractivity contribution in [2.24, 2.45) is 0 Å². The summed E-state index contributed by atoms with van der Waals surface area (Å²) in [6.45, 7) is 9.99. The molecule has 45 heavy (non-hydrogen) atoms. The first kappa shape index (κ1) is 34.7. The first-order valence-corrected chi connectivity index (χ1v) is 17.0. The molecular weight excluding hydrogens is 639 g/mol. The molecule has 1 saturated heterocycles. The number of rotatable bonds is 10. The Labute approximate surface area is 275 Å². The quantitative estimate of drug-likeness (QED) is 0.251. The zero-order chi connectivity index (χ0) is 33.1. The molecule has 3 aromatic rings. The van der Waals surface area contributed by atoms with Gasteiger partial charge in [0, 0.05) is 48.3 Å². The van der Waals surface area contributed by atoms with Crippen LogP contribution in [0.15, 0.2) is 41.3 Å². The summed E-state index contributed by atoms with van der Waals surface area (Å²) in [5, 5.41) is 3.96. The Morgan fingerprint density at radius 3 is 2.60 bits per heavy atom. The number of carbonyl (C=O) groups is 2. The van der Waals surface area contributed by atoms with Crippen LogP contribution in [0.1, 0.15) is 56.9 Å². The molecule has 2 aromatic carbocycles. The average molecular weight is 680 g/mol. The maximum atomic E-state index is 13.9. The lowest BCUT2D eigenvalue weighted by Crippen LogP contribution is -2.46. The summed E-state index contributed by atoms with van der Waals surface area (Å²) in [5.41, 5.74) is 2.30. The average Bonchev–Trinajstić information content (AvgIpc) is 3.45. The molecule has 2 heterocycles. The van der Waals surface area contributed by atoms with Gasteiger partial charge in [0.1, 0.15) is 34.4 Å². The molecule has 4 rings (SSSR count). The first-order valence-electron chi connectivity index (χ1n) is 14.8. The number of hydrogen-bond donors (Lipinski definition) is 1. The second-order valence-corrected chi connectivity index (χ2v) is 14.8. The smallest absolute Gasteiger partial charge is 0.410 e. The minimum absolute atomic E-state index is 0.0562. The molecule has 1 aliphatic heterocycles. The van der Waals surface area contributed by atoms with Crippen LogP contribution in [0, 0.1) is 13.8 Å². The van der Waals surface area contributed by atoms with E-state index in [1.807, 2.05) is 32.0 Å². The number of halogens is 2. The van der Waals surface area contributed by atoms with E-state index in [9.17, 15) is 18.0 Å². The van der Waals surface area contributed by atoms with Crippen molar-refractivity contribution < 1.29 is 27.5 Å². The van der Waals surface area contributed by atoms with Crippen LogP contribution in [0.2, 0.25) is 10.0 Å². The van der Waals surface area contributed by atoms with Gasteiger partial charge in [-0.25, -0.2) is 18.2 Å².